The minimum absolute atomic E-state index is 0.0979. The van der Waals surface area contributed by atoms with Gasteiger partial charge in [0.05, 0.1) is 0 Å². The summed E-state index contributed by atoms with van der Waals surface area (Å²) < 4.78 is 93.6. The van der Waals surface area contributed by atoms with Gasteiger partial charge in [0, 0.05) is 17.2 Å². The molecule has 0 atom stereocenters. The van der Waals surface area contributed by atoms with Gasteiger partial charge in [-0.3, -0.25) is 0 Å². The van der Waals surface area contributed by atoms with Crippen LogP contribution in [-0.2, 0) is 6.42 Å². The summed E-state index contributed by atoms with van der Waals surface area (Å²) in [4.78, 5) is 0. The molecule has 172 valence electrons. The van der Waals surface area contributed by atoms with Crippen molar-refractivity contribution in [3.63, 3.8) is 0 Å². The van der Waals surface area contributed by atoms with E-state index in [1.807, 2.05) is 0 Å². The van der Waals surface area contributed by atoms with Crippen LogP contribution >= 0.6 is 0 Å². The van der Waals surface area contributed by atoms with Crippen molar-refractivity contribution >= 4 is 12.2 Å². The van der Waals surface area contributed by atoms with Crippen molar-refractivity contribution in [3.8, 4) is 0 Å². The largest absolute Gasteiger partial charge is 0.409 e. The third-order valence-electron chi connectivity index (χ3n) is 6.01. The van der Waals surface area contributed by atoms with Gasteiger partial charge in [0.2, 0.25) is 0 Å². The van der Waals surface area contributed by atoms with E-state index in [9.17, 15) is 30.7 Å². The summed E-state index contributed by atoms with van der Waals surface area (Å²) in [5.41, 5.74) is 0.124. The van der Waals surface area contributed by atoms with Gasteiger partial charge in [0.25, 0.3) is 0 Å². The lowest BCUT2D eigenvalue weighted by Crippen LogP contribution is -2.16. The Morgan fingerprint density at radius 2 is 1.41 bits per heavy atom. The van der Waals surface area contributed by atoms with Crippen LogP contribution in [0, 0.1) is 29.2 Å². The van der Waals surface area contributed by atoms with E-state index in [2.05, 4.69) is 6.58 Å². The molecule has 1 fully saturated rings. The highest BCUT2D eigenvalue weighted by Gasteiger charge is 2.27. The minimum atomic E-state index is -4.66. The number of alkyl halides is 3. The minimum Gasteiger partial charge on any atom is -0.207 e. The molecular formula is C25H23F7. The Bertz CT molecular complexity index is 950. The van der Waals surface area contributed by atoms with Crippen LogP contribution in [0.4, 0.5) is 30.7 Å². The number of halogens is 7. The van der Waals surface area contributed by atoms with Crippen LogP contribution in [0.15, 0.2) is 36.9 Å². The molecule has 1 aliphatic rings. The molecule has 0 heterocycles. The van der Waals surface area contributed by atoms with Crippen molar-refractivity contribution in [1.82, 2.24) is 0 Å². The van der Waals surface area contributed by atoms with Crippen LogP contribution in [0.5, 0.6) is 0 Å². The number of aryl methyl sites for hydroxylation is 1. The van der Waals surface area contributed by atoms with E-state index in [0.717, 1.165) is 25.0 Å². The fourth-order valence-corrected chi connectivity index (χ4v) is 4.34. The summed E-state index contributed by atoms with van der Waals surface area (Å²) >= 11 is 0. The van der Waals surface area contributed by atoms with Gasteiger partial charge < -0.3 is 0 Å². The lowest BCUT2D eigenvalue weighted by molar-refractivity contribution is -0.0790. The molecule has 0 amide bonds. The van der Waals surface area contributed by atoms with Crippen LogP contribution in [-0.4, -0.2) is 6.18 Å². The second-order valence-corrected chi connectivity index (χ2v) is 8.21. The maximum atomic E-state index is 14.4. The van der Waals surface area contributed by atoms with Crippen molar-refractivity contribution in [2.45, 2.75) is 50.6 Å². The summed E-state index contributed by atoms with van der Waals surface area (Å²) in [6.07, 6.45) is 0.569. The standard InChI is InChI=1S/C25H23F7/c1-2-15-11-22(28)24(23(29)12-15)18-7-5-16(6-8-18)3-4-17-13-20(26)19(21(27)14-17)9-10-25(30,31)32/h2,9-14,16,18H,1,3-8H2/b10-9+. The molecular weight excluding hydrogens is 433 g/mol. The van der Waals surface area contributed by atoms with Crippen LogP contribution in [0.2, 0.25) is 0 Å². The molecule has 2 aromatic rings. The smallest absolute Gasteiger partial charge is 0.207 e. The van der Waals surface area contributed by atoms with Gasteiger partial charge in [-0.05, 0) is 91.8 Å². The normalized spacial score (nSPS) is 19.5. The highest BCUT2D eigenvalue weighted by molar-refractivity contribution is 5.52. The first-order valence-electron chi connectivity index (χ1n) is 10.4. The molecule has 0 aromatic heterocycles. The van der Waals surface area contributed by atoms with Gasteiger partial charge in [0.15, 0.2) is 0 Å². The zero-order valence-electron chi connectivity index (χ0n) is 17.3. The van der Waals surface area contributed by atoms with Crippen molar-refractivity contribution in [2.24, 2.45) is 5.92 Å². The Morgan fingerprint density at radius 1 is 0.844 bits per heavy atom. The molecule has 0 N–H and O–H groups in total. The zero-order valence-corrected chi connectivity index (χ0v) is 17.3. The third-order valence-corrected chi connectivity index (χ3v) is 6.01. The fourth-order valence-electron chi connectivity index (χ4n) is 4.34. The molecule has 0 unspecified atom stereocenters. The van der Waals surface area contributed by atoms with Crippen molar-refractivity contribution in [2.75, 3.05) is 0 Å². The highest BCUT2D eigenvalue weighted by atomic mass is 19.4. The van der Waals surface area contributed by atoms with E-state index in [1.54, 1.807) is 0 Å². The molecule has 0 radical (unpaired) electrons. The molecule has 1 aliphatic carbocycles. The molecule has 0 spiro atoms. The maximum absolute atomic E-state index is 14.4. The van der Waals surface area contributed by atoms with Crippen LogP contribution in [0.3, 0.4) is 0 Å². The number of benzene rings is 2. The quantitative estimate of drug-likeness (QED) is 0.383. The Balaban J connectivity index is 1.59. The first-order valence-corrected chi connectivity index (χ1v) is 10.4. The lowest BCUT2D eigenvalue weighted by Gasteiger charge is -2.29. The zero-order chi connectivity index (χ0) is 23.5. The third kappa shape index (κ3) is 6.02. The van der Waals surface area contributed by atoms with E-state index in [1.165, 1.54) is 18.2 Å². The van der Waals surface area contributed by atoms with E-state index >= 15 is 0 Å². The molecule has 0 saturated heterocycles. The predicted octanol–water partition coefficient (Wildman–Crippen LogP) is 8.37. The average molecular weight is 456 g/mol. The Labute approximate surface area is 182 Å². The fraction of sp³-hybridized carbons (Fsp3) is 0.360. The molecule has 0 nitrogen and oxygen atoms in total. The molecule has 0 bridgehead atoms. The summed E-state index contributed by atoms with van der Waals surface area (Å²) in [5.74, 6) is -3.22. The first-order chi connectivity index (χ1) is 15.1. The second-order valence-electron chi connectivity index (χ2n) is 8.21. The Kier molecular flexibility index (Phi) is 7.47. The SMILES string of the molecule is C=Cc1cc(F)c(C2CCC(CCc3cc(F)c(/C=C/C(F)(F)F)c(F)c3)CC2)c(F)c1. The summed E-state index contributed by atoms with van der Waals surface area (Å²) in [6, 6.07) is 4.65. The monoisotopic (exact) mass is 456 g/mol. The summed E-state index contributed by atoms with van der Waals surface area (Å²) in [7, 11) is 0. The van der Waals surface area contributed by atoms with Crippen molar-refractivity contribution in [1.29, 1.82) is 0 Å². The maximum Gasteiger partial charge on any atom is 0.409 e. The number of hydrogen-bond donors (Lipinski definition) is 0. The molecule has 32 heavy (non-hydrogen) atoms. The van der Waals surface area contributed by atoms with E-state index in [-0.39, 0.29) is 23.5 Å². The van der Waals surface area contributed by atoms with Gasteiger partial charge in [-0.25, -0.2) is 17.6 Å². The molecule has 0 aliphatic heterocycles. The Hall–Kier alpha value is -2.57. The van der Waals surface area contributed by atoms with Gasteiger partial charge in [-0.1, -0.05) is 12.7 Å². The van der Waals surface area contributed by atoms with E-state index in [4.69, 9.17) is 0 Å². The number of allylic oxidation sites excluding steroid dienone is 1. The van der Waals surface area contributed by atoms with E-state index in [0.29, 0.717) is 42.9 Å². The van der Waals surface area contributed by atoms with Gasteiger partial charge >= 0.3 is 6.18 Å². The predicted molar refractivity (Wildman–Crippen MR) is 111 cm³/mol. The molecule has 1 saturated carbocycles. The topological polar surface area (TPSA) is 0 Å². The molecule has 2 aromatic carbocycles. The second kappa shape index (κ2) is 9.92. The van der Waals surface area contributed by atoms with Crippen molar-refractivity contribution in [3.05, 3.63) is 82.4 Å². The Morgan fingerprint density at radius 3 is 1.91 bits per heavy atom. The lowest BCUT2D eigenvalue weighted by atomic mass is 9.76. The molecule has 7 heteroatoms. The van der Waals surface area contributed by atoms with Crippen LogP contribution < -0.4 is 0 Å². The van der Waals surface area contributed by atoms with Gasteiger partial charge in [0.1, 0.15) is 23.3 Å². The van der Waals surface area contributed by atoms with Crippen LogP contribution in [0.25, 0.3) is 12.2 Å². The van der Waals surface area contributed by atoms with Crippen molar-refractivity contribution < 1.29 is 30.7 Å². The molecule has 3 rings (SSSR count). The first kappa shape index (κ1) is 24.1. The highest BCUT2D eigenvalue weighted by Crippen LogP contribution is 2.40. The van der Waals surface area contributed by atoms with Gasteiger partial charge in [-0.2, -0.15) is 13.2 Å². The van der Waals surface area contributed by atoms with E-state index < -0.39 is 35.0 Å². The number of hydrogen-bond acceptors (Lipinski definition) is 0. The van der Waals surface area contributed by atoms with Crippen LogP contribution in [0.1, 0.15) is 60.3 Å². The number of rotatable bonds is 6. The summed E-state index contributed by atoms with van der Waals surface area (Å²) in [6.45, 7) is 3.52. The van der Waals surface area contributed by atoms with Gasteiger partial charge in [-0.15, -0.1) is 0 Å². The average Bonchev–Trinajstić information content (AvgIpc) is 2.71. The summed E-state index contributed by atoms with van der Waals surface area (Å²) in [5, 5.41) is 0.